The number of nitrogens with zero attached hydrogens (tertiary/aromatic N) is 3. The number of aromatic nitrogens is 4. The monoisotopic (exact) mass is 368 g/mol. The van der Waals surface area contributed by atoms with Gasteiger partial charge in [-0.05, 0) is 36.2 Å². The molecular weight excluding hydrogens is 351 g/mol. The number of H-pyrrole nitrogens is 1. The minimum atomic E-state index is -0.402. The molecule has 3 heterocycles. The maximum absolute atomic E-state index is 13.0. The number of anilines is 2. The van der Waals surface area contributed by atoms with Crippen molar-refractivity contribution in [3.8, 4) is 11.3 Å². The van der Waals surface area contributed by atoms with E-state index in [1.54, 1.807) is 25.2 Å². The van der Waals surface area contributed by atoms with Gasteiger partial charge in [-0.15, -0.1) is 0 Å². The molecule has 0 radical (unpaired) electrons. The second-order valence-corrected chi connectivity index (χ2v) is 6.52. The lowest BCUT2D eigenvalue weighted by atomic mass is 9.95. The molecule has 0 fully saturated rings. The van der Waals surface area contributed by atoms with Crippen molar-refractivity contribution in [3.63, 3.8) is 0 Å². The second kappa shape index (κ2) is 6.35. The summed E-state index contributed by atoms with van der Waals surface area (Å²) in [6, 6.07) is 7.43. The molecule has 0 aliphatic carbocycles. The van der Waals surface area contributed by atoms with Crippen molar-refractivity contribution in [3.05, 3.63) is 47.4 Å². The first-order chi connectivity index (χ1) is 12.9. The average molecular weight is 368 g/mol. The van der Waals surface area contributed by atoms with Crippen LogP contribution in [-0.4, -0.2) is 31.8 Å². The van der Waals surface area contributed by atoms with Crippen LogP contribution in [0.15, 0.2) is 30.3 Å². The van der Waals surface area contributed by atoms with Crippen LogP contribution in [-0.2, 0) is 11.8 Å². The van der Waals surface area contributed by atoms with E-state index in [0.29, 0.717) is 29.3 Å². The smallest absolute Gasteiger partial charge is 0.274 e. The lowest BCUT2D eigenvalue weighted by Crippen LogP contribution is -2.23. The molecule has 0 saturated heterocycles. The van der Waals surface area contributed by atoms with Crippen LogP contribution in [0, 0.1) is 5.82 Å². The molecule has 2 aromatic heterocycles. The molecule has 4 rings (SSSR count). The average Bonchev–Trinajstić information content (AvgIpc) is 3.21. The molecule has 0 saturated carbocycles. The Kier molecular flexibility index (Phi) is 3.98. The standard InChI is InChI=1S/C18H17FN6O2/c1-9-7-14(26)20-17-15(9)16(24-25(17)2)21-18(27)13-8-12(22-23-13)10-3-5-11(19)6-4-10/h3-6,8-9H,7H2,1-2H3,(H,20,26)(H,22,23)(H,21,24,27). The van der Waals surface area contributed by atoms with Crippen molar-refractivity contribution < 1.29 is 14.0 Å². The van der Waals surface area contributed by atoms with Gasteiger partial charge in [0.15, 0.2) is 5.82 Å². The predicted molar refractivity (Wildman–Crippen MR) is 96.8 cm³/mol. The van der Waals surface area contributed by atoms with E-state index in [4.69, 9.17) is 0 Å². The van der Waals surface area contributed by atoms with Crippen LogP contribution in [0.4, 0.5) is 16.0 Å². The van der Waals surface area contributed by atoms with Crippen molar-refractivity contribution in [2.24, 2.45) is 7.05 Å². The molecule has 1 aliphatic heterocycles. The number of nitrogens with one attached hydrogen (secondary N) is 3. The van der Waals surface area contributed by atoms with E-state index in [2.05, 4.69) is 25.9 Å². The van der Waals surface area contributed by atoms with Crippen LogP contribution < -0.4 is 10.6 Å². The van der Waals surface area contributed by atoms with Gasteiger partial charge in [-0.25, -0.2) is 4.39 Å². The van der Waals surface area contributed by atoms with Crippen LogP contribution in [0.25, 0.3) is 11.3 Å². The number of amides is 2. The van der Waals surface area contributed by atoms with Gasteiger partial charge in [-0.2, -0.15) is 10.2 Å². The van der Waals surface area contributed by atoms with E-state index in [0.717, 1.165) is 5.56 Å². The van der Waals surface area contributed by atoms with Crippen molar-refractivity contribution in [1.29, 1.82) is 0 Å². The molecule has 27 heavy (non-hydrogen) atoms. The molecule has 3 aromatic rings. The van der Waals surface area contributed by atoms with Crippen molar-refractivity contribution in [1.82, 2.24) is 20.0 Å². The first-order valence-corrected chi connectivity index (χ1v) is 8.42. The molecule has 2 amide bonds. The maximum atomic E-state index is 13.0. The zero-order chi connectivity index (χ0) is 19.1. The number of hydrogen-bond acceptors (Lipinski definition) is 4. The summed E-state index contributed by atoms with van der Waals surface area (Å²) in [4.78, 5) is 24.3. The fourth-order valence-corrected chi connectivity index (χ4v) is 3.19. The van der Waals surface area contributed by atoms with Gasteiger partial charge in [0.2, 0.25) is 5.91 Å². The van der Waals surface area contributed by atoms with Gasteiger partial charge in [-0.1, -0.05) is 6.92 Å². The predicted octanol–water partition coefficient (Wildman–Crippen LogP) is 2.65. The number of carbonyl (C=O) groups excluding carboxylic acids is 2. The Morgan fingerprint density at radius 3 is 2.81 bits per heavy atom. The summed E-state index contributed by atoms with van der Waals surface area (Å²) >= 11 is 0. The number of carbonyl (C=O) groups is 2. The summed E-state index contributed by atoms with van der Waals surface area (Å²) in [6.07, 6.45) is 0.334. The highest BCUT2D eigenvalue weighted by molar-refractivity contribution is 6.04. The van der Waals surface area contributed by atoms with Gasteiger partial charge < -0.3 is 10.6 Å². The molecule has 9 heteroatoms. The van der Waals surface area contributed by atoms with Gasteiger partial charge in [-0.3, -0.25) is 19.4 Å². The molecule has 138 valence electrons. The summed E-state index contributed by atoms with van der Waals surface area (Å²) in [5.74, 6) is 0.116. The van der Waals surface area contributed by atoms with E-state index in [-0.39, 0.29) is 23.3 Å². The molecule has 1 unspecified atom stereocenters. The summed E-state index contributed by atoms with van der Waals surface area (Å²) < 4.78 is 14.6. The molecule has 3 N–H and O–H groups in total. The Labute approximate surface area is 153 Å². The fraction of sp³-hybridized carbons (Fsp3) is 0.222. The number of fused-ring (bicyclic) bond motifs is 1. The highest BCUT2D eigenvalue weighted by Crippen LogP contribution is 2.37. The van der Waals surface area contributed by atoms with Crippen LogP contribution in [0.2, 0.25) is 0 Å². The van der Waals surface area contributed by atoms with Crippen LogP contribution in [0.1, 0.15) is 35.3 Å². The molecule has 1 aromatic carbocycles. The number of benzene rings is 1. The van der Waals surface area contributed by atoms with E-state index < -0.39 is 5.91 Å². The Morgan fingerprint density at radius 1 is 1.33 bits per heavy atom. The van der Waals surface area contributed by atoms with Crippen molar-refractivity contribution in [2.45, 2.75) is 19.3 Å². The van der Waals surface area contributed by atoms with E-state index in [1.807, 2.05) is 6.92 Å². The molecule has 1 aliphatic rings. The van der Waals surface area contributed by atoms with Gasteiger partial charge >= 0.3 is 0 Å². The number of halogens is 1. The maximum Gasteiger partial charge on any atom is 0.274 e. The number of rotatable bonds is 3. The first kappa shape index (κ1) is 17.0. The van der Waals surface area contributed by atoms with Crippen molar-refractivity contribution in [2.75, 3.05) is 10.6 Å². The lowest BCUT2D eigenvalue weighted by molar-refractivity contribution is -0.116. The van der Waals surface area contributed by atoms with E-state index in [1.165, 1.54) is 16.8 Å². The normalized spacial score (nSPS) is 16.0. The second-order valence-electron chi connectivity index (χ2n) is 6.52. The minimum Gasteiger partial charge on any atom is -0.311 e. The molecular formula is C18H17FN6O2. The molecule has 0 bridgehead atoms. The number of aryl methyl sites for hydroxylation is 1. The SMILES string of the molecule is CC1CC(=O)Nc2c1c(NC(=O)c1cc(-c3ccc(F)cc3)n[nH]1)nn2C. The Bertz CT molecular complexity index is 1040. The molecule has 0 spiro atoms. The highest BCUT2D eigenvalue weighted by Gasteiger charge is 2.30. The van der Waals surface area contributed by atoms with Gasteiger partial charge in [0.1, 0.15) is 17.3 Å². The number of aromatic amines is 1. The summed E-state index contributed by atoms with van der Waals surface area (Å²) in [7, 11) is 1.70. The van der Waals surface area contributed by atoms with Gasteiger partial charge in [0.25, 0.3) is 5.91 Å². The zero-order valence-electron chi connectivity index (χ0n) is 14.7. The first-order valence-electron chi connectivity index (χ1n) is 8.42. The van der Waals surface area contributed by atoms with Crippen molar-refractivity contribution >= 4 is 23.5 Å². The molecule has 8 nitrogen and oxygen atoms in total. The van der Waals surface area contributed by atoms with E-state index in [9.17, 15) is 14.0 Å². The summed E-state index contributed by atoms with van der Waals surface area (Å²) in [5, 5.41) is 16.7. The Hall–Kier alpha value is -3.49. The summed E-state index contributed by atoms with van der Waals surface area (Å²) in [5.41, 5.74) is 2.27. The van der Waals surface area contributed by atoms with Crippen LogP contribution in [0.5, 0.6) is 0 Å². The highest BCUT2D eigenvalue weighted by atomic mass is 19.1. The number of hydrogen-bond donors (Lipinski definition) is 3. The largest absolute Gasteiger partial charge is 0.311 e. The zero-order valence-corrected chi connectivity index (χ0v) is 14.7. The topological polar surface area (TPSA) is 105 Å². The Morgan fingerprint density at radius 2 is 2.07 bits per heavy atom. The lowest BCUT2D eigenvalue weighted by Gasteiger charge is -2.20. The van der Waals surface area contributed by atoms with E-state index >= 15 is 0 Å². The quantitative estimate of drug-likeness (QED) is 0.661. The van der Waals surface area contributed by atoms with Gasteiger partial charge in [0, 0.05) is 24.6 Å². The fourth-order valence-electron chi connectivity index (χ4n) is 3.19. The third-order valence-corrected chi connectivity index (χ3v) is 4.52. The third kappa shape index (κ3) is 3.07. The molecule has 1 atom stereocenters. The summed E-state index contributed by atoms with van der Waals surface area (Å²) in [6.45, 7) is 1.91. The van der Waals surface area contributed by atoms with Gasteiger partial charge in [0.05, 0.1) is 5.69 Å². The Balaban J connectivity index is 1.58. The van der Waals surface area contributed by atoms with Crippen LogP contribution in [0.3, 0.4) is 0 Å². The minimum absolute atomic E-state index is 0.0608. The third-order valence-electron chi connectivity index (χ3n) is 4.52. The van der Waals surface area contributed by atoms with Crippen LogP contribution >= 0.6 is 0 Å².